The van der Waals surface area contributed by atoms with Gasteiger partial charge in [-0.25, -0.2) is 0 Å². The molecule has 5 rings (SSSR count). The van der Waals surface area contributed by atoms with Crippen molar-refractivity contribution in [2.45, 2.75) is 12.6 Å². The van der Waals surface area contributed by atoms with Gasteiger partial charge in [-0.1, -0.05) is 42.5 Å². The third-order valence-electron chi connectivity index (χ3n) is 6.32. The average molecular weight is 460 g/mol. The summed E-state index contributed by atoms with van der Waals surface area (Å²) < 4.78 is 16.2. The summed E-state index contributed by atoms with van der Waals surface area (Å²) in [5.74, 6) is 2.30. The van der Waals surface area contributed by atoms with E-state index in [9.17, 15) is 4.79 Å². The molecule has 7 nitrogen and oxygen atoms in total. The second kappa shape index (κ2) is 10.2. The smallest absolute Gasteiger partial charge is 0.246 e. The van der Waals surface area contributed by atoms with Gasteiger partial charge in [0.05, 0.1) is 7.11 Å². The van der Waals surface area contributed by atoms with E-state index >= 15 is 0 Å². The second-order valence-electron chi connectivity index (χ2n) is 8.53. The van der Waals surface area contributed by atoms with Gasteiger partial charge in [0.25, 0.3) is 0 Å². The highest BCUT2D eigenvalue weighted by atomic mass is 16.7. The highest BCUT2D eigenvalue weighted by Gasteiger charge is 2.30. The van der Waals surface area contributed by atoms with Gasteiger partial charge in [-0.2, -0.15) is 0 Å². The number of methoxy groups -OCH3 is 1. The number of carbonyl (C=O) groups is 1. The van der Waals surface area contributed by atoms with Crippen molar-refractivity contribution in [3.63, 3.8) is 0 Å². The second-order valence-corrected chi connectivity index (χ2v) is 8.53. The van der Waals surface area contributed by atoms with E-state index < -0.39 is 0 Å². The summed E-state index contributed by atoms with van der Waals surface area (Å²) >= 11 is 0. The number of hydrogen-bond acceptors (Lipinski definition) is 6. The summed E-state index contributed by atoms with van der Waals surface area (Å²) in [6.45, 7) is 4.49. The Morgan fingerprint density at radius 3 is 2.53 bits per heavy atom. The number of rotatable bonds is 7. The maximum atomic E-state index is 13.5. The van der Waals surface area contributed by atoms with Crippen molar-refractivity contribution in [1.82, 2.24) is 9.80 Å². The van der Waals surface area contributed by atoms with Gasteiger partial charge in [0.1, 0.15) is 11.8 Å². The number of hydrogen-bond donors (Lipinski definition) is 1. The molecule has 1 unspecified atom stereocenters. The lowest BCUT2D eigenvalue weighted by Gasteiger charge is -2.38. The number of amides is 1. The van der Waals surface area contributed by atoms with E-state index in [1.165, 1.54) is 5.56 Å². The first kappa shape index (κ1) is 22.3. The van der Waals surface area contributed by atoms with Crippen LogP contribution in [-0.4, -0.2) is 55.8 Å². The molecule has 0 spiro atoms. The number of carbonyl (C=O) groups excluding carboxylic acids is 1. The molecule has 1 fully saturated rings. The van der Waals surface area contributed by atoms with Crippen LogP contribution in [0.15, 0.2) is 72.8 Å². The molecule has 3 aromatic carbocycles. The molecule has 7 heteroatoms. The molecule has 2 aliphatic rings. The number of nitrogens with one attached hydrogen (secondary N) is 1. The molecule has 0 aliphatic carbocycles. The Morgan fingerprint density at radius 2 is 1.74 bits per heavy atom. The lowest BCUT2D eigenvalue weighted by Crippen LogP contribution is -2.49. The van der Waals surface area contributed by atoms with Gasteiger partial charge in [-0.3, -0.25) is 14.6 Å². The standard InChI is InChI=1S/C27H29N3O4/c1-32-23-9-5-8-22(17-23)28-27(31)26(21-6-3-2-4-7-21)30-14-12-29(13-15-30)18-20-10-11-24-25(16-20)34-19-33-24/h2-11,16-17,26H,12-15,18-19H2,1H3,(H,28,31). The Balaban J connectivity index is 1.26. The monoisotopic (exact) mass is 459 g/mol. The fourth-order valence-corrected chi connectivity index (χ4v) is 4.55. The molecule has 0 radical (unpaired) electrons. The fourth-order valence-electron chi connectivity index (χ4n) is 4.55. The van der Waals surface area contributed by atoms with Crippen molar-refractivity contribution in [2.75, 3.05) is 45.4 Å². The van der Waals surface area contributed by atoms with E-state index in [4.69, 9.17) is 14.2 Å². The minimum atomic E-state index is -0.361. The molecule has 1 N–H and O–H groups in total. The van der Waals surface area contributed by atoms with E-state index in [1.54, 1.807) is 7.11 Å². The zero-order chi connectivity index (χ0) is 23.3. The first-order valence-corrected chi connectivity index (χ1v) is 11.5. The molecule has 0 aromatic heterocycles. The van der Waals surface area contributed by atoms with Crippen LogP contribution in [0.4, 0.5) is 5.69 Å². The molecule has 2 heterocycles. The molecule has 1 atom stereocenters. The van der Waals surface area contributed by atoms with Crippen LogP contribution in [-0.2, 0) is 11.3 Å². The summed E-state index contributed by atoms with van der Waals surface area (Å²) in [4.78, 5) is 18.1. The van der Waals surface area contributed by atoms with Crippen LogP contribution in [0.2, 0.25) is 0 Å². The summed E-state index contributed by atoms with van der Waals surface area (Å²) in [7, 11) is 1.62. The maximum absolute atomic E-state index is 13.5. The van der Waals surface area contributed by atoms with Gasteiger partial charge >= 0.3 is 0 Å². The van der Waals surface area contributed by atoms with Gasteiger partial charge in [0.15, 0.2) is 11.5 Å². The minimum Gasteiger partial charge on any atom is -0.497 e. The predicted molar refractivity (Wildman–Crippen MR) is 130 cm³/mol. The topological polar surface area (TPSA) is 63.3 Å². The van der Waals surface area contributed by atoms with Gasteiger partial charge in [-0.05, 0) is 35.4 Å². The van der Waals surface area contributed by atoms with Crippen LogP contribution in [0.25, 0.3) is 0 Å². The van der Waals surface area contributed by atoms with Gasteiger partial charge in [-0.15, -0.1) is 0 Å². The molecule has 176 valence electrons. The van der Waals surface area contributed by atoms with E-state index in [1.807, 2.05) is 60.7 Å². The molecule has 0 saturated carbocycles. The van der Waals surface area contributed by atoms with Crippen molar-refractivity contribution < 1.29 is 19.0 Å². The normalized spacial score (nSPS) is 16.7. The van der Waals surface area contributed by atoms with Crippen LogP contribution in [0.3, 0.4) is 0 Å². The molecule has 1 amide bonds. The van der Waals surface area contributed by atoms with Gasteiger partial charge in [0, 0.05) is 44.5 Å². The molecule has 1 saturated heterocycles. The van der Waals surface area contributed by atoms with Crippen LogP contribution >= 0.6 is 0 Å². The summed E-state index contributed by atoms with van der Waals surface area (Å²) in [6, 6.07) is 23.2. The fraction of sp³-hybridized carbons (Fsp3) is 0.296. The zero-order valence-corrected chi connectivity index (χ0v) is 19.3. The first-order valence-electron chi connectivity index (χ1n) is 11.5. The number of nitrogens with zero attached hydrogens (tertiary/aromatic N) is 2. The third-order valence-corrected chi connectivity index (χ3v) is 6.32. The van der Waals surface area contributed by atoms with Crippen molar-refractivity contribution >= 4 is 11.6 Å². The highest BCUT2D eigenvalue weighted by Crippen LogP contribution is 2.33. The van der Waals surface area contributed by atoms with E-state index in [0.717, 1.165) is 55.5 Å². The Morgan fingerprint density at radius 1 is 0.941 bits per heavy atom. The summed E-state index contributed by atoms with van der Waals surface area (Å²) in [6.07, 6.45) is 0. The number of anilines is 1. The predicted octanol–water partition coefficient (Wildman–Crippen LogP) is 3.92. The third kappa shape index (κ3) is 5.00. The van der Waals surface area contributed by atoms with E-state index in [2.05, 4.69) is 27.2 Å². The van der Waals surface area contributed by atoms with Crippen molar-refractivity contribution in [2.24, 2.45) is 0 Å². The lowest BCUT2D eigenvalue weighted by atomic mass is 10.0. The van der Waals surface area contributed by atoms with Gasteiger partial charge < -0.3 is 19.5 Å². The Kier molecular flexibility index (Phi) is 6.65. The lowest BCUT2D eigenvalue weighted by molar-refractivity contribution is -0.122. The number of fused-ring (bicyclic) bond motifs is 1. The number of benzene rings is 3. The minimum absolute atomic E-state index is 0.0383. The quantitative estimate of drug-likeness (QED) is 0.578. The number of piperazine rings is 1. The summed E-state index contributed by atoms with van der Waals surface area (Å²) in [5.41, 5.74) is 2.92. The summed E-state index contributed by atoms with van der Waals surface area (Å²) in [5, 5.41) is 3.09. The average Bonchev–Trinajstić information content (AvgIpc) is 3.34. The van der Waals surface area contributed by atoms with Gasteiger partial charge in [0.2, 0.25) is 12.7 Å². The SMILES string of the molecule is COc1cccc(NC(=O)C(c2ccccc2)N2CCN(Cc3ccc4c(c3)OCO4)CC2)c1. The van der Waals surface area contributed by atoms with Crippen LogP contribution in [0.1, 0.15) is 17.2 Å². The molecule has 34 heavy (non-hydrogen) atoms. The van der Waals surface area contributed by atoms with Crippen molar-refractivity contribution in [3.8, 4) is 17.2 Å². The maximum Gasteiger partial charge on any atom is 0.246 e. The van der Waals surface area contributed by atoms with Crippen molar-refractivity contribution in [1.29, 1.82) is 0 Å². The van der Waals surface area contributed by atoms with Crippen LogP contribution < -0.4 is 19.5 Å². The van der Waals surface area contributed by atoms with Crippen molar-refractivity contribution in [3.05, 3.63) is 83.9 Å². The van der Waals surface area contributed by atoms with Crippen LogP contribution in [0.5, 0.6) is 17.2 Å². The van der Waals surface area contributed by atoms with E-state index in [0.29, 0.717) is 5.75 Å². The molecular weight excluding hydrogens is 430 g/mol. The molecule has 0 bridgehead atoms. The largest absolute Gasteiger partial charge is 0.497 e. The Bertz CT molecular complexity index is 1130. The molecule has 2 aliphatic heterocycles. The van der Waals surface area contributed by atoms with E-state index in [-0.39, 0.29) is 18.7 Å². The Labute approximate surface area is 199 Å². The molecular formula is C27H29N3O4. The highest BCUT2D eigenvalue weighted by molar-refractivity contribution is 5.95. The van der Waals surface area contributed by atoms with Crippen LogP contribution in [0, 0.1) is 0 Å². The molecule has 3 aromatic rings. The number of ether oxygens (including phenoxy) is 3. The zero-order valence-electron chi connectivity index (χ0n) is 19.3. The first-order chi connectivity index (χ1) is 16.7. The Hall–Kier alpha value is -3.55.